The van der Waals surface area contributed by atoms with E-state index >= 15 is 0 Å². The van der Waals surface area contributed by atoms with Gasteiger partial charge in [-0.05, 0) is 47.5 Å². The number of carbonyl (C=O) groups is 1. The van der Waals surface area contributed by atoms with Crippen LogP contribution in [0, 0.1) is 5.82 Å². The lowest BCUT2D eigenvalue weighted by atomic mass is 10.1. The third-order valence-electron chi connectivity index (χ3n) is 5.45. The molecule has 4 rings (SSSR count). The number of pyridine rings is 1. The number of amides is 1. The van der Waals surface area contributed by atoms with Crippen LogP contribution in [0.3, 0.4) is 0 Å². The first kappa shape index (κ1) is 25.1. The molecule has 7 nitrogen and oxygen atoms in total. The van der Waals surface area contributed by atoms with Crippen LogP contribution >= 0.6 is 0 Å². The van der Waals surface area contributed by atoms with Crippen molar-refractivity contribution in [2.24, 2.45) is 0 Å². The lowest BCUT2D eigenvalue weighted by Gasteiger charge is -2.17. The van der Waals surface area contributed by atoms with Gasteiger partial charge in [-0.2, -0.15) is 0 Å². The number of hydrogen-bond acceptors (Lipinski definition) is 5. The molecule has 2 aromatic heterocycles. The molecule has 0 aliphatic heterocycles. The molecule has 11 heteroatoms. The molecular weight excluding hydrogens is 480 g/mol. The molecule has 2 N–H and O–H groups in total. The van der Waals surface area contributed by atoms with Crippen molar-refractivity contribution in [1.29, 1.82) is 0 Å². The largest absolute Gasteiger partial charge is 0.573 e. The Bertz CT molecular complexity index is 1320. The number of rotatable bonds is 9. The molecule has 36 heavy (non-hydrogen) atoms. The lowest BCUT2D eigenvalue weighted by Crippen LogP contribution is -2.31. The van der Waals surface area contributed by atoms with E-state index in [1.807, 2.05) is 4.57 Å². The van der Waals surface area contributed by atoms with Crippen molar-refractivity contribution in [3.63, 3.8) is 0 Å². The number of halogens is 4. The van der Waals surface area contributed by atoms with Crippen molar-refractivity contribution < 1.29 is 32.2 Å². The van der Waals surface area contributed by atoms with E-state index in [0.717, 1.165) is 17.7 Å². The van der Waals surface area contributed by atoms with Crippen molar-refractivity contribution in [3.05, 3.63) is 89.6 Å². The number of ether oxygens (including phenoxy) is 1. The number of nitrogens with zero attached hydrogens (tertiary/aromatic N) is 3. The molecule has 0 fully saturated rings. The van der Waals surface area contributed by atoms with E-state index in [0.29, 0.717) is 29.1 Å². The van der Waals surface area contributed by atoms with Crippen LogP contribution in [-0.4, -0.2) is 38.5 Å². The van der Waals surface area contributed by atoms with E-state index < -0.39 is 24.8 Å². The second kappa shape index (κ2) is 10.7. The molecule has 2 heterocycles. The van der Waals surface area contributed by atoms with Gasteiger partial charge >= 0.3 is 6.36 Å². The molecule has 0 spiro atoms. The lowest BCUT2D eigenvalue weighted by molar-refractivity contribution is -0.274. The quantitative estimate of drug-likeness (QED) is 0.333. The Morgan fingerprint density at radius 3 is 2.47 bits per heavy atom. The van der Waals surface area contributed by atoms with E-state index in [4.69, 9.17) is 0 Å². The van der Waals surface area contributed by atoms with Gasteiger partial charge in [0.15, 0.2) is 5.65 Å². The molecule has 0 radical (unpaired) electrons. The normalized spacial score (nSPS) is 12.5. The van der Waals surface area contributed by atoms with Crippen LogP contribution in [-0.2, 0) is 17.8 Å². The van der Waals surface area contributed by atoms with Crippen LogP contribution in [0.15, 0.2) is 66.9 Å². The number of aromatic nitrogens is 3. The molecular formula is C25H22F4N4O3. The zero-order chi connectivity index (χ0) is 25.7. The van der Waals surface area contributed by atoms with Crippen molar-refractivity contribution in [3.8, 4) is 5.75 Å². The highest BCUT2D eigenvalue weighted by Crippen LogP contribution is 2.24. The fraction of sp³-hybridized carbons (Fsp3) is 0.240. The monoisotopic (exact) mass is 502 g/mol. The summed E-state index contributed by atoms with van der Waals surface area (Å²) < 4.78 is 56.1. The number of nitrogens with one attached hydrogen (secondary N) is 1. The predicted molar refractivity (Wildman–Crippen MR) is 122 cm³/mol. The summed E-state index contributed by atoms with van der Waals surface area (Å²) in [5.74, 6) is -0.511. The summed E-state index contributed by atoms with van der Waals surface area (Å²) in [4.78, 5) is 21.6. The summed E-state index contributed by atoms with van der Waals surface area (Å²) in [5.41, 5.74) is 2.55. The Labute approximate surface area is 203 Å². The summed E-state index contributed by atoms with van der Waals surface area (Å²) in [6.07, 6.45) is -2.87. The average Bonchev–Trinajstić information content (AvgIpc) is 3.19. The number of aliphatic hydroxyl groups is 1. The van der Waals surface area contributed by atoms with Crippen LogP contribution in [0.25, 0.3) is 11.2 Å². The zero-order valence-electron chi connectivity index (χ0n) is 18.9. The molecule has 2 aromatic carbocycles. The number of alkyl halides is 3. The Morgan fingerprint density at radius 1 is 1.08 bits per heavy atom. The molecule has 1 amide bonds. The molecule has 0 aliphatic carbocycles. The minimum absolute atomic E-state index is 0.0402. The van der Waals surface area contributed by atoms with Gasteiger partial charge in [0.2, 0.25) is 5.91 Å². The highest BCUT2D eigenvalue weighted by molar-refractivity contribution is 5.77. The number of carbonyl (C=O) groups excluding carboxylic acids is 1. The number of fused-ring (bicyclic) bond motifs is 1. The van der Waals surface area contributed by atoms with Crippen molar-refractivity contribution >= 4 is 17.1 Å². The first-order valence-electron chi connectivity index (χ1n) is 11.0. The smallest absolute Gasteiger partial charge is 0.406 e. The molecule has 0 bridgehead atoms. The van der Waals surface area contributed by atoms with Crippen molar-refractivity contribution in [1.82, 2.24) is 19.9 Å². The van der Waals surface area contributed by atoms with Crippen LogP contribution in [0.4, 0.5) is 17.6 Å². The number of hydrogen-bond donors (Lipinski definition) is 2. The fourth-order valence-electron chi connectivity index (χ4n) is 3.76. The van der Waals surface area contributed by atoms with Gasteiger partial charge in [-0.15, -0.1) is 13.2 Å². The fourth-order valence-corrected chi connectivity index (χ4v) is 3.76. The summed E-state index contributed by atoms with van der Waals surface area (Å²) in [5, 5.41) is 12.4. The predicted octanol–water partition coefficient (Wildman–Crippen LogP) is 4.30. The van der Waals surface area contributed by atoms with E-state index in [-0.39, 0.29) is 24.6 Å². The maximum atomic E-state index is 13.3. The van der Waals surface area contributed by atoms with Crippen LogP contribution in [0.1, 0.15) is 29.4 Å². The molecule has 1 atom stereocenters. The molecule has 0 aliphatic rings. The van der Waals surface area contributed by atoms with Crippen LogP contribution in [0.2, 0.25) is 0 Å². The third-order valence-corrected chi connectivity index (χ3v) is 5.45. The maximum Gasteiger partial charge on any atom is 0.573 e. The number of aryl methyl sites for hydroxylation is 1. The molecule has 188 valence electrons. The van der Waals surface area contributed by atoms with E-state index in [2.05, 4.69) is 20.0 Å². The van der Waals surface area contributed by atoms with Gasteiger partial charge in [0.1, 0.15) is 22.9 Å². The number of benzene rings is 2. The van der Waals surface area contributed by atoms with Crippen LogP contribution in [0.5, 0.6) is 5.75 Å². The summed E-state index contributed by atoms with van der Waals surface area (Å²) in [7, 11) is 0. The zero-order valence-corrected chi connectivity index (χ0v) is 18.9. The number of imidazole rings is 1. The van der Waals surface area contributed by atoms with Gasteiger partial charge in [-0.3, -0.25) is 4.79 Å². The van der Waals surface area contributed by atoms with Gasteiger partial charge in [0.05, 0.1) is 19.2 Å². The second-order valence-electron chi connectivity index (χ2n) is 8.01. The standard InChI is InChI=1S/C25H22F4N4O3/c26-18-7-3-16(4-8-18)14-33-22(31-20-2-1-13-30-24(20)33)11-12-23(35)32-21(15-34)17-5-9-19(10-6-17)36-25(27,28)29/h1-10,13,21,34H,11-12,14-15H2,(H,32,35). The summed E-state index contributed by atoms with van der Waals surface area (Å²) >= 11 is 0. The topological polar surface area (TPSA) is 89.3 Å². The Balaban J connectivity index is 1.44. The molecule has 0 saturated carbocycles. The third kappa shape index (κ3) is 6.36. The van der Waals surface area contributed by atoms with E-state index in [1.165, 1.54) is 24.3 Å². The van der Waals surface area contributed by atoms with Crippen LogP contribution < -0.4 is 10.1 Å². The number of aliphatic hydroxyl groups excluding tert-OH is 1. The van der Waals surface area contributed by atoms with E-state index in [9.17, 15) is 27.5 Å². The van der Waals surface area contributed by atoms with Gasteiger partial charge in [-0.1, -0.05) is 24.3 Å². The van der Waals surface area contributed by atoms with Gasteiger partial charge < -0.3 is 19.7 Å². The summed E-state index contributed by atoms with van der Waals surface area (Å²) in [6.45, 7) is -0.0609. The molecule has 0 saturated heterocycles. The maximum absolute atomic E-state index is 13.3. The summed E-state index contributed by atoms with van der Waals surface area (Å²) in [6, 6.07) is 13.7. The Kier molecular flexibility index (Phi) is 7.49. The minimum atomic E-state index is -4.81. The van der Waals surface area contributed by atoms with Gasteiger partial charge in [0.25, 0.3) is 0 Å². The van der Waals surface area contributed by atoms with Gasteiger partial charge in [0, 0.05) is 19.0 Å². The van der Waals surface area contributed by atoms with Gasteiger partial charge in [-0.25, -0.2) is 14.4 Å². The molecule has 4 aromatic rings. The minimum Gasteiger partial charge on any atom is -0.406 e. The van der Waals surface area contributed by atoms with E-state index in [1.54, 1.807) is 30.5 Å². The van der Waals surface area contributed by atoms with Crippen molar-refractivity contribution in [2.75, 3.05) is 6.61 Å². The Hall–Kier alpha value is -3.99. The first-order chi connectivity index (χ1) is 17.2. The average molecular weight is 502 g/mol. The highest BCUT2D eigenvalue weighted by Gasteiger charge is 2.31. The first-order valence-corrected chi connectivity index (χ1v) is 11.0. The van der Waals surface area contributed by atoms with Crippen molar-refractivity contribution in [2.45, 2.75) is 31.8 Å². The second-order valence-corrected chi connectivity index (χ2v) is 8.01. The Morgan fingerprint density at radius 2 is 1.81 bits per heavy atom. The SMILES string of the molecule is O=C(CCc1nc2cccnc2n1Cc1ccc(F)cc1)NC(CO)c1ccc(OC(F)(F)F)cc1. The highest BCUT2D eigenvalue weighted by atomic mass is 19.4. The molecule has 1 unspecified atom stereocenters.